The molecule has 0 unspecified atom stereocenters. The molecule has 8 heteroatoms. The first kappa shape index (κ1) is 24.3. The van der Waals surface area contributed by atoms with Crippen molar-refractivity contribution in [3.05, 3.63) is 72.5 Å². The summed E-state index contributed by atoms with van der Waals surface area (Å²) in [6, 6.07) is 9.62. The van der Waals surface area contributed by atoms with Crippen molar-refractivity contribution < 1.29 is 0 Å². The smallest absolute Gasteiger partial charge is 0.160 e. The zero-order valence-corrected chi connectivity index (χ0v) is 19.3. The number of aromatic nitrogens is 2. The van der Waals surface area contributed by atoms with E-state index < -0.39 is 0 Å². The Morgan fingerprint density at radius 2 is 2.06 bits per heavy atom. The summed E-state index contributed by atoms with van der Waals surface area (Å²) in [7, 11) is 5.74. The van der Waals surface area contributed by atoms with E-state index in [1.54, 1.807) is 23.5 Å². The average molecular weight is 433 g/mol. The second-order valence-electron chi connectivity index (χ2n) is 7.50. The van der Waals surface area contributed by atoms with Crippen LogP contribution in [-0.2, 0) is 6.54 Å². The van der Waals surface area contributed by atoms with Gasteiger partial charge in [0, 0.05) is 45.7 Å². The highest BCUT2D eigenvalue weighted by Gasteiger charge is 2.18. The summed E-state index contributed by atoms with van der Waals surface area (Å²) < 4.78 is 0. The zero-order chi connectivity index (χ0) is 23.7. The van der Waals surface area contributed by atoms with Crippen LogP contribution in [0.15, 0.2) is 54.9 Å². The molecule has 0 aliphatic heterocycles. The summed E-state index contributed by atoms with van der Waals surface area (Å²) in [5.74, 6) is 1.30. The number of imidazole rings is 1. The van der Waals surface area contributed by atoms with Gasteiger partial charge in [0.1, 0.15) is 11.5 Å². The Kier molecular flexibility index (Phi) is 8.66. The molecule has 0 atom stereocenters. The van der Waals surface area contributed by atoms with Crippen molar-refractivity contribution in [3.8, 4) is 6.07 Å². The van der Waals surface area contributed by atoms with E-state index in [2.05, 4.69) is 41.1 Å². The fraction of sp³-hybridized carbons (Fsp3) is 0.292. The van der Waals surface area contributed by atoms with Crippen LogP contribution in [0.4, 0.5) is 5.82 Å². The number of allylic oxidation sites excluding steroid dienone is 1. The number of rotatable bonds is 11. The van der Waals surface area contributed by atoms with Gasteiger partial charge in [0.2, 0.25) is 0 Å². The SMILES string of the molecule is C=C(/C=N\N(C)Cc1cccc(C#N)c1)c1nc(N(C)/C=C\N)c(C(=C)N(C)CCC)[nH]1. The maximum atomic E-state index is 9.06. The van der Waals surface area contributed by atoms with Crippen LogP contribution in [0.5, 0.6) is 0 Å². The van der Waals surface area contributed by atoms with Crippen LogP contribution in [-0.4, -0.2) is 53.8 Å². The van der Waals surface area contributed by atoms with E-state index in [4.69, 9.17) is 16.0 Å². The van der Waals surface area contributed by atoms with Gasteiger partial charge in [-0.1, -0.05) is 32.2 Å². The van der Waals surface area contributed by atoms with E-state index in [1.165, 1.54) is 6.20 Å². The molecule has 1 heterocycles. The Labute approximate surface area is 190 Å². The predicted octanol–water partition coefficient (Wildman–Crippen LogP) is 3.59. The molecule has 8 nitrogen and oxygen atoms in total. The Morgan fingerprint density at radius 3 is 2.72 bits per heavy atom. The van der Waals surface area contributed by atoms with Crippen molar-refractivity contribution in [1.29, 1.82) is 5.26 Å². The molecular weight excluding hydrogens is 400 g/mol. The molecule has 0 fully saturated rings. The first-order valence-corrected chi connectivity index (χ1v) is 10.4. The number of benzene rings is 1. The minimum atomic E-state index is 0.566. The summed E-state index contributed by atoms with van der Waals surface area (Å²) in [6.45, 7) is 11.9. The number of nitriles is 1. The summed E-state index contributed by atoms with van der Waals surface area (Å²) in [4.78, 5) is 12.0. The number of nitrogens with one attached hydrogen (secondary N) is 1. The first-order chi connectivity index (χ1) is 15.3. The Hall–Kier alpha value is -3.99. The number of hydrazone groups is 1. The van der Waals surface area contributed by atoms with Crippen LogP contribution >= 0.6 is 0 Å². The van der Waals surface area contributed by atoms with Crippen molar-refractivity contribution in [2.75, 3.05) is 32.6 Å². The second kappa shape index (κ2) is 11.4. The molecule has 1 aromatic carbocycles. The van der Waals surface area contributed by atoms with Crippen LogP contribution in [0.1, 0.15) is 36.0 Å². The van der Waals surface area contributed by atoms with Gasteiger partial charge in [-0.05, 0) is 24.1 Å². The third kappa shape index (κ3) is 6.25. The van der Waals surface area contributed by atoms with Crippen molar-refractivity contribution >= 4 is 23.3 Å². The Morgan fingerprint density at radius 1 is 1.31 bits per heavy atom. The van der Waals surface area contributed by atoms with Gasteiger partial charge in [-0.3, -0.25) is 5.01 Å². The molecule has 3 N–H and O–H groups in total. The number of nitrogens with two attached hydrogens (primary N) is 1. The van der Waals surface area contributed by atoms with Gasteiger partial charge >= 0.3 is 0 Å². The summed E-state index contributed by atoms with van der Waals surface area (Å²) in [5.41, 5.74) is 9.47. The van der Waals surface area contributed by atoms with E-state index in [9.17, 15) is 0 Å². The summed E-state index contributed by atoms with van der Waals surface area (Å²) >= 11 is 0. The molecule has 0 spiro atoms. The molecule has 2 aromatic rings. The number of H-pyrrole nitrogens is 1. The second-order valence-corrected chi connectivity index (χ2v) is 7.50. The highest BCUT2D eigenvalue weighted by Crippen LogP contribution is 2.27. The Bertz CT molecular complexity index is 1040. The number of hydrogen-bond donors (Lipinski definition) is 2. The van der Waals surface area contributed by atoms with Crippen molar-refractivity contribution in [2.45, 2.75) is 19.9 Å². The van der Waals surface area contributed by atoms with Gasteiger partial charge in [0.25, 0.3) is 0 Å². The monoisotopic (exact) mass is 432 g/mol. The van der Waals surface area contributed by atoms with Gasteiger partial charge < -0.3 is 20.5 Å². The number of hydrogen-bond acceptors (Lipinski definition) is 7. The van der Waals surface area contributed by atoms with E-state index in [1.807, 2.05) is 44.2 Å². The molecule has 0 amide bonds. The lowest BCUT2D eigenvalue weighted by Gasteiger charge is -2.22. The molecule has 0 saturated carbocycles. The minimum Gasteiger partial charge on any atom is -0.403 e. The molecule has 2 rings (SSSR count). The normalized spacial score (nSPS) is 11.0. The number of aromatic amines is 1. The van der Waals surface area contributed by atoms with Crippen LogP contribution in [0.2, 0.25) is 0 Å². The molecule has 0 radical (unpaired) electrons. The first-order valence-electron chi connectivity index (χ1n) is 10.4. The highest BCUT2D eigenvalue weighted by molar-refractivity contribution is 6.07. The van der Waals surface area contributed by atoms with Crippen LogP contribution in [0, 0.1) is 11.3 Å². The number of anilines is 1. The largest absolute Gasteiger partial charge is 0.403 e. The predicted molar refractivity (Wildman–Crippen MR) is 132 cm³/mol. The van der Waals surface area contributed by atoms with Crippen molar-refractivity contribution in [2.24, 2.45) is 10.8 Å². The van der Waals surface area contributed by atoms with Gasteiger partial charge in [-0.2, -0.15) is 10.4 Å². The van der Waals surface area contributed by atoms with E-state index in [-0.39, 0.29) is 0 Å². The molecule has 0 aliphatic carbocycles. The maximum absolute atomic E-state index is 9.06. The van der Waals surface area contributed by atoms with Gasteiger partial charge in [0.15, 0.2) is 5.82 Å². The zero-order valence-electron chi connectivity index (χ0n) is 19.3. The summed E-state index contributed by atoms with van der Waals surface area (Å²) in [5, 5.41) is 15.3. The Balaban J connectivity index is 2.22. The quantitative estimate of drug-likeness (QED) is 0.416. The van der Waals surface area contributed by atoms with Crippen LogP contribution < -0.4 is 10.6 Å². The van der Waals surface area contributed by atoms with Crippen LogP contribution in [0.3, 0.4) is 0 Å². The molecule has 0 saturated heterocycles. The molecule has 168 valence electrons. The lowest BCUT2D eigenvalue weighted by atomic mass is 10.1. The topological polar surface area (TPSA) is 101 Å². The molecule has 0 aliphatic rings. The maximum Gasteiger partial charge on any atom is 0.160 e. The van der Waals surface area contributed by atoms with E-state index in [0.29, 0.717) is 29.3 Å². The number of nitrogens with zero attached hydrogens (tertiary/aromatic N) is 6. The van der Waals surface area contributed by atoms with Gasteiger partial charge in [-0.25, -0.2) is 4.98 Å². The standard InChI is InChI=1S/C24H32N8/c1-7-12-30(4)19(3)22-24(31(5)13-11-25)29-23(28-22)18(2)16-27-32(6)17-21-10-8-9-20(14-21)15-26/h8-11,13-14,16H,2-3,7,12,17,25H2,1,4-6H3,(H,28,29)/b13-11-,27-16-. The lowest BCUT2D eigenvalue weighted by molar-refractivity contribution is 0.349. The average Bonchev–Trinajstić information content (AvgIpc) is 3.23. The molecule has 0 bridgehead atoms. The fourth-order valence-electron chi connectivity index (χ4n) is 3.11. The third-order valence-electron chi connectivity index (χ3n) is 4.82. The molecule has 1 aromatic heterocycles. The van der Waals surface area contributed by atoms with E-state index in [0.717, 1.165) is 29.9 Å². The fourth-order valence-corrected chi connectivity index (χ4v) is 3.11. The van der Waals surface area contributed by atoms with Gasteiger partial charge in [0.05, 0.1) is 30.1 Å². The van der Waals surface area contributed by atoms with E-state index >= 15 is 0 Å². The minimum absolute atomic E-state index is 0.566. The van der Waals surface area contributed by atoms with Crippen molar-refractivity contribution in [3.63, 3.8) is 0 Å². The lowest BCUT2D eigenvalue weighted by Crippen LogP contribution is -2.19. The third-order valence-corrected chi connectivity index (χ3v) is 4.82. The highest BCUT2D eigenvalue weighted by atomic mass is 15.4. The van der Waals surface area contributed by atoms with Crippen LogP contribution in [0.25, 0.3) is 11.3 Å². The summed E-state index contributed by atoms with van der Waals surface area (Å²) in [6.07, 6.45) is 5.87. The molecule has 32 heavy (non-hydrogen) atoms. The van der Waals surface area contributed by atoms with Gasteiger partial charge in [-0.15, -0.1) is 0 Å². The van der Waals surface area contributed by atoms with Crippen molar-refractivity contribution in [1.82, 2.24) is 19.9 Å². The molecular formula is C24H32N8.